The van der Waals surface area contributed by atoms with Gasteiger partial charge in [-0.2, -0.15) is 0 Å². The van der Waals surface area contributed by atoms with Crippen molar-refractivity contribution in [3.05, 3.63) is 22.7 Å². The molecule has 2 unspecified atom stereocenters. The van der Waals surface area contributed by atoms with Crippen molar-refractivity contribution in [1.29, 1.82) is 0 Å². The number of piperidine rings is 1. The fourth-order valence-electron chi connectivity index (χ4n) is 5.09. The molecule has 226 valence electrons. The number of amides is 2. The molecule has 0 spiro atoms. The summed E-state index contributed by atoms with van der Waals surface area (Å²) in [5.74, 6) is -0.122. The quantitative estimate of drug-likeness (QED) is 0.147. The molecule has 0 saturated carbocycles. The summed E-state index contributed by atoms with van der Waals surface area (Å²) in [5.41, 5.74) is 6.54. The van der Waals surface area contributed by atoms with Crippen LogP contribution in [0.5, 0.6) is 5.75 Å². The number of ether oxygens (including phenoxy) is 2. The van der Waals surface area contributed by atoms with Gasteiger partial charge in [-0.15, -0.1) is 0 Å². The number of carbonyl (C=O) groups excluding carboxylic acids is 2. The summed E-state index contributed by atoms with van der Waals surface area (Å²) in [6, 6.07) is 3.04. The molecule has 10 nitrogen and oxygen atoms in total. The van der Waals surface area contributed by atoms with E-state index < -0.39 is 5.97 Å². The van der Waals surface area contributed by atoms with Crippen LogP contribution in [0.4, 0.5) is 5.69 Å². The number of hydrogen-bond donors (Lipinski definition) is 4. The van der Waals surface area contributed by atoms with Crippen LogP contribution in [0.3, 0.4) is 0 Å². The number of carboxylic acids is 1. The molecule has 0 aliphatic carbocycles. The van der Waals surface area contributed by atoms with E-state index >= 15 is 0 Å². The molecular weight excluding hydrogens is 536 g/mol. The highest BCUT2D eigenvalue weighted by molar-refractivity contribution is 6.33. The van der Waals surface area contributed by atoms with E-state index in [2.05, 4.69) is 22.5 Å². The zero-order valence-electron chi connectivity index (χ0n) is 24.2. The number of carbonyl (C=O) groups is 3. The molecule has 3 atom stereocenters. The molecule has 1 aromatic rings. The Bertz CT molecular complexity index is 963. The van der Waals surface area contributed by atoms with Gasteiger partial charge in [0.15, 0.2) is 0 Å². The molecule has 11 heteroatoms. The molecule has 0 aromatic heterocycles. The summed E-state index contributed by atoms with van der Waals surface area (Å²) in [7, 11) is 3.18. The Morgan fingerprint density at radius 1 is 1.12 bits per heavy atom. The smallest absolute Gasteiger partial charge is 0.303 e. The number of halogens is 1. The second-order valence-electron chi connectivity index (χ2n) is 10.7. The lowest BCUT2D eigenvalue weighted by Crippen LogP contribution is -2.51. The Balaban J connectivity index is 1.66. The second-order valence-corrected chi connectivity index (χ2v) is 11.1. The van der Waals surface area contributed by atoms with Crippen LogP contribution in [0.15, 0.2) is 12.1 Å². The molecule has 5 N–H and O–H groups in total. The van der Waals surface area contributed by atoms with Crippen molar-refractivity contribution < 1.29 is 29.0 Å². The summed E-state index contributed by atoms with van der Waals surface area (Å²) < 4.78 is 11.1. The number of nitrogens with two attached hydrogens (primary N) is 1. The molecule has 1 fully saturated rings. The average molecular weight is 583 g/mol. The molecule has 2 rings (SSSR count). The minimum absolute atomic E-state index is 0.0431. The van der Waals surface area contributed by atoms with Gasteiger partial charge in [-0.05, 0) is 44.1 Å². The van der Waals surface area contributed by atoms with Crippen molar-refractivity contribution >= 4 is 35.1 Å². The summed E-state index contributed by atoms with van der Waals surface area (Å²) in [6.07, 6.45) is 8.45. The second kappa shape index (κ2) is 18.0. The van der Waals surface area contributed by atoms with Gasteiger partial charge >= 0.3 is 5.97 Å². The number of methoxy groups -OCH3 is 2. The highest BCUT2D eigenvalue weighted by Crippen LogP contribution is 2.29. The fraction of sp³-hybridized carbons (Fsp3) is 0.690. The maximum Gasteiger partial charge on any atom is 0.303 e. The number of rotatable bonds is 18. The number of aliphatic carboxylic acids is 1. The number of unbranched alkanes of at least 4 members (excludes halogenated alkanes) is 4. The third kappa shape index (κ3) is 11.9. The highest BCUT2D eigenvalue weighted by Gasteiger charge is 2.30. The lowest BCUT2D eigenvalue weighted by molar-refractivity contribution is -0.137. The minimum Gasteiger partial charge on any atom is -0.496 e. The molecule has 1 aliphatic rings. The Kier molecular flexibility index (Phi) is 15.1. The number of nitrogens with zero attached hydrogens (tertiary/aromatic N) is 1. The molecule has 0 bridgehead atoms. The van der Waals surface area contributed by atoms with Crippen LogP contribution in [-0.2, 0) is 14.3 Å². The van der Waals surface area contributed by atoms with Crippen LogP contribution in [0.2, 0.25) is 5.02 Å². The zero-order chi connectivity index (χ0) is 29.5. The number of benzene rings is 1. The number of carboxylic acid groups (broad SMARTS) is 1. The van der Waals surface area contributed by atoms with Gasteiger partial charge in [0.1, 0.15) is 12.0 Å². The molecule has 40 heavy (non-hydrogen) atoms. The van der Waals surface area contributed by atoms with Crippen molar-refractivity contribution in [2.45, 2.75) is 89.8 Å². The first-order valence-electron chi connectivity index (χ1n) is 14.3. The van der Waals surface area contributed by atoms with Crippen molar-refractivity contribution in [3.63, 3.8) is 0 Å². The number of nitrogen functional groups attached to an aromatic ring is 1. The summed E-state index contributed by atoms with van der Waals surface area (Å²) >= 11 is 6.13. The topological polar surface area (TPSA) is 143 Å². The fourth-order valence-corrected chi connectivity index (χ4v) is 5.25. The predicted octanol–water partition coefficient (Wildman–Crippen LogP) is 4.45. The Morgan fingerprint density at radius 3 is 2.55 bits per heavy atom. The van der Waals surface area contributed by atoms with E-state index in [4.69, 9.17) is 31.9 Å². The third-order valence-corrected chi connectivity index (χ3v) is 7.69. The SMILES string of the molecule is COc1cc(N)c(Cl)cc1C(=O)N[C@@H]1CCN(CC(C)CCCC(=O)NCCCCCCCC(=O)O)C(OC)C1. The van der Waals surface area contributed by atoms with Gasteiger partial charge in [0.25, 0.3) is 5.91 Å². The van der Waals surface area contributed by atoms with Gasteiger partial charge in [-0.3, -0.25) is 19.3 Å². The first-order valence-corrected chi connectivity index (χ1v) is 14.7. The van der Waals surface area contributed by atoms with E-state index in [9.17, 15) is 14.4 Å². The van der Waals surface area contributed by atoms with Crippen LogP contribution < -0.4 is 21.1 Å². The maximum atomic E-state index is 12.9. The van der Waals surface area contributed by atoms with Gasteiger partial charge in [-0.25, -0.2) is 0 Å². The zero-order valence-corrected chi connectivity index (χ0v) is 24.9. The van der Waals surface area contributed by atoms with Crippen molar-refractivity contribution in [2.75, 3.05) is 39.6 Å². The monoisotopic (exact) mass is 582 g/mol. The molecule has 1 saturated heterocycles. The molecule has 2 amide bonds. The maximum absolute atomic E-state index is 12.9. The van der Waals surface area contributed by atoms with Gasteiger partial charge in [-0.1, -0.05) is 37.8 Å². The van der Waals surface area contributed by atoms with Gasteiger partial charge < -0.3 is 30.9 Å². The largest absolute Gasteiger partial charge is 0.496 e. The minimum atomic E-state index is -0.742. The molecule has 1 heterocycles. The van der Waals surface area contributed by atoms with Crippen LogP contribution in [-0.4, -0.2) is 73.9 Å². The van der Waals surface area contributed by atoms with Gasteiger partial charge in [0.05, 0.1) is 23.4 Å². The first-order chi connectivity index (χ1) is 19.1. The van der Waals surface area contributed by atoms with Gasteiger partial charge in [0, 0.05) is 58.1 Å². The van der Waals surface area contributed by atoms with E-state index in [0.29, 0.717) is 47.3 Å². The van der Waals surface area contributed by atoms with Crippen molar-refractivity contribution in [1.82, 2.24) is 15.5 Å². The van der Waals surface area contributed by atoms with Crippen molar-refractivity contribution in [2.24, 2.45) is 5.92 Å². The average Bonchev–Trinajstić information content (AvgIpc) is 2.91. The van der Waals surface area contributed by atoms with E-state index in [1.807, 2.05) is 0 Å². The van der Waals surface area contributed by atoms with Crippen LogP contribution >= 0.6 is 11.6 Å². The van der Waals surface area contributed by atoms with E-state index in [-0.39, 0.29) is 30.5 Å². The number of hydrogen-bond acceptors (Lipinski definition) is 7. The summed E-state index contributed by atoms with van der Waals surface area (Å²) in [6.45, 7) is 4.53. The summed E-state index contributed by atoms with van der Waals surface area (Å²) in [4.78, 5) is 37.9. The van der Waals surface area contributed by atoms with E-state index in [1.54, 1.807) is 13.2 Å². The Hall–Kier alpha value is -2.56. The third-order valence-electron chi connectivity index (χ3n) is 7.37. The van der Waals surface area contributed by atoms with E-state index in [1.165, 1.54) is 13.2 Å². The van der Waals surface area contributed by atoms with Crippen LogP contribution in [0, 0.1) is 5.92 Å². The first kappa shape index (κ1) is 33.6. The lowest BCUT2D eigenvalue weighted by Gasteiger charge is -2.40. The van der Waals surface area contributed by atoms with Crippen LogP contribution in [0.1, 0.15) is 87.9 Å². The number of nitrogens with one attached hydrogen (secondary N) is 2. The predicted molar refractivity (Wildman–Crippen MR) is 157 cm³/mol. The van der Waals surface area contributed by atoms with Crippen LogP contribution in [0.25, 0.3) is 0 Å². The number of likely N-dealkylation sites (tertiary alicyclic amines) is 1. The van der Waals surface area contributed by atoms with Crippen molar-refractivity contribution in [3.8, 4) is 5.75 Å². The molecule has 1 aromatic carbocycles. The summed E-state index contributed by atoms with van der Waals surface area (Å²) in [5, 5.41) is 15.0. The lowest BCUT2D eigenvalue weighted by atomic mass is 9.98. The number of anilines is 1. The molecular formula is C29H47ClN4O6. The highest BCUT2D eigenvalue weighted by atomic mass is 35.5. The van der Waals surface area contributed by atoms with E-state index in [0.717, 1.165) is 64.5 Å². The Morgan fingerprint density at radius 2 is 1.85 bits per heavy atom. The molecule has 0 radical (unpaired) electrons. The Labute approximate surface area is 243 Å². The normalized spacial score (nSPS) is 18.2. The molecule has 1 aliphatic heterocycles. The standard InChI is InChI=1S/C29H47ClN4O6/c1-20(10-9-11-26(35)32-14-8-6-4-5-7-12-28(36)37)19-34-15-13-21(16-27(34)40-3)33-29(38)22-17-23(30)24(31)18-25(22)39-2/h17-18,20-21,27H,4-16,19,31H2,1-3H3,(H,32,35)(H,33,38)(H,36,37)/t20?,21-,27?/m1/s1. The van der Waals surface area contributed by atoms with Gasteiger partial charge in [0.2, 0.25) is 5.91 Å².